The Morgan fingerprint density at radius 1 is 0.730 bits per heavy atom. The van der Waals surface area contributed by atoms with Gasteiger partial charge in [-0.2, -0.15) is 15.1 Å². The highest BCUT2D eigenvalue weighted by molar-refractivity contribution is 6.09. The Bertz CT molecular complexity index is 1210. The van der Waals surface area contributed by atoms with Gasteiger partial charge < -0.3 is 14.2 Å². The lowest BCUT2D eigenvalue weighted by atomic mass is 10.2. The molecular formula is C29H29N3O5. The Morgan fingerprint density at radius 2 is 1.24 bits per heavy atom. The van der Waals surface area contributed by atoms with E-state index in [1.165, 1.54) is 6.20 Å². The summed E-state index contributed by atoms with van der Waals surface area (Å²) in [5.74, 6) is 1.02. The molecule has 0 aliphatic rings. The van der Waals surface area contributed by atoms with Crippen LogP contribution in [-0.2, 0) is 22.7 Å². The number of aryl methyl sites for hydroxylation is 1. The fraction of sp³-hybridized carbons (Fsp3) is 0.172. The zero-order valence-corrected chi connectivity index (χ0v) is 21.0. The van der Waals surface area contributed by atoms with Gasteiger partial charge in [-0.1, -0.05) is 74.5 Å². The van der Waals surface area contributed by atoms with E-state index < -0.39 is 12.2 Å². The average Bonchev–Trinajstić information content (AvgIpc) is 2.94. The summed E-state index contributed by atoms with van der Waals surface area (Å²) < 4.78 is 16.6. The molecule has 0 N–H and O–H groups in total. The number of hydrogen-bond donors (Lipinski definition) is 0. The van der Waals surface area contributed by atoms with Gasteiger partial charge in [0, 0.05) is 6.07 Å². The van der Waals surface area contributed by atoms with Gasteiger partial charge in [-0.15, -0.1) is 0 Å². The molecule has 1 aromatic heterocycles. The fourth-order valence-corrected chi connectivity index (χ4v) is 3.16. The van der Waals surface area contributed by atoms with Gasteiger partial charge in [0.1, 0.15) is 24.7 Å². The number of carbonyl (C=O) groups is 2. The number of aromatic nitrogens is 2. The largest absolute Gasteiger partial charge is 0.456 e. The van der Waals surface area contributed by atoms with E-state index in [2.05, 4.69) is 10.2 Å². The summed E-state index contributed by atoms with van der Waals surface area (Å²) in [5.41, 5.74) is 2.58. The van der Waals surface area contributed by atoms with Crippen molar-refractivity contribution in [2.45, 2.75) is 34.0 Å². The van der Waals surface area contributed by atoms with Crippen molar-refractivity contribution in [3.05, 3.63) is 114 Å². The molecule has 0 aliphatic heterocycles. The maximum absolute atomic E-state index is 12.9. The smallest absolute Gasteiger partial charge is 0.424 e. The Balaban J connectivity index is 0.00000186. The Labute approximate surface area is 216 Å². The van der Waals surface area contributed by atoms with Gasteiger partial charge in [0.05, 0.1) is 17.6 Å². The average molecular weight is 500 g/mol. The van der Waals surface area contributed by atoms with Gasteiger partial charge in [0.25, 0.3) is 0 Å². The van der Waals surface area contributed by atoms with Gasteiger partial charge in [-0.3, -0.25) is 0 Å². The van der Waals surface area contributed by atoms with Gasteiger partial charge in [0.15, 0.2) is 0 Å². The van der Waals surface area contributed by atoms with E-state index in [4.69, 9.17) is 14.2 Å². The molecule has 0 bridgehead atoms. The predicted octanol–water partition coefficient (Wildman–Crippen LogP) is 7.08. The third-order valence-electron chi connectivity index (χ3n) is 4.86. The van der Waals surface area contributed by atoms with Crippen molar-refractivity contribution in [1.82, 2.24) is 10.2 Å². The molecule has 0 fully saturated rings. The summed E-state index contributed by atoms with van der Waals surface area (Å²) in [7, 11) is 0. The highest BCUT2D eigenvalue weighted by Gasteiger charge is 2.27. The highest BCUT2D eigenvalue weighted by Crippen LogP contribution is 2.25. The molecule has 0 unspecified atom stereocenters. The van der Waals surface area contributed by atoms with E-state index in [1.807, 2.05) is 81.4 Å². The van der Waals surface area contributed by atoms with Crippen LogP contribution < -0.4 is 9.64 Å². The highest BCUT2D eigenvalue weighted by atomic mass is 16.6. The SMILES string of the molecule is CC.Cc1cc(Oc2ccc(N(C(=O)OCc3ccccc3)C(=O)OCc3ccccc3)cc2)cnn1. The number of rotatable bonds is 7. The molecule has 0 saturated carbocycles. The van der Waals surface area contributed by atoms with Crippen LogP contribution in [0.25, 0.3) is 0 Å². The van der Waals surface area contributed by atoms with E-state index in [9.17, 15) is 9.59 Å². The number of anilines is 1. The number of ether oxygens (including phenoxy) is 3. The van der Waals surface area contributed by atoms with Crippen LogP contribution in [0.15, 0.2) is 97.2 Å². The first kappa shape index (κ1) is 26.9. The molecule has 8 nitrogen and oxygen atoms in total. The van der Waals surface area contributed by atoms with Crippen LogP contribution in [0.2, 0.25) is 0 Å². The zero-order chi connectivity index (χ0) is 26.5. The van der Waals surface area contributed by atoms with Crippen LogP contribution in [0.5, 0.6) is 11.5 Å². The van der Waals surface area contributed by atoms with E-state index in [-0.39, 0.29) is 18.9 Å². The molecule has 4 rings (SSSR count). The topological polar surface area (TPSA) is 90.8 Å². The number of imide groups is 1. The number of amides is 2. The zero-order valence-electron chi connectivity index (χ0n) is 21.0. The second kappa shape index (κ2) is 14.0. The molecule has 0 saturated heterocycles. The molecular weight excluding hydrogens is 470 g/mol. The third-order valence-corrected chi connectivity index (χ3v) is 4.86. The minimum absolute atomic E-state index is 0.0116. The lowest BCUT2D eigenvalue weighted by Gasteiger charge is -2.20. The molecule has 0 radical (unpaired) electrons. The van der Waals surface area contributed by atoms with Crippen molar-refractivity contribution in [3.63, 3.8) is 0 Å². The quantitative estimate of drug-likeness (QED) is 0.268. The molecule has 0 spiro atoms. The Hall–Kier alpha value is -4.72. The number of nitrogens with zero attached hydrogens (tertiary/aromatic N) is 3. The molecule has 3 aromatic carbocycles. The number of carbonyl (C=O) groups excluding carboxylic acids is 2. The first-order valence-corrected chi connectivity index (χ1v) is 11.9. The maximum Gasteiger partial charge on any atom is 0.424 e. The third kappa shape index (κ3) is 8.17. The minimum Gasteiger partial charge on any atom is -0.456 e. The second-order valence-corrected chi connectivity index (χ2v) is 7.54. The monoisotopic (exact) mass is 499 g/mol. The Kier molecular flexibility index (Phi) is 10.2. The predicted molar refractivity (Wildman–Crippen MR) is 140 cm³/mol. The van der Waals surface area contributed by atoms with Gasteiger partial charge in [-0.05, 0) is 42.3 Å². The second-order valence-electron chi connectivity index (χ2n) is 7.54. The van der Waals surface area contributed by atoms with Crippen molar-refractivity contribution in [2.24, 2.45) is 0 Å². The van der Waals surface area contributed by atoms with Crippen LogP contribution in [0.3, 0.4) is 0 Å². The normalized spacial score (nSPS) is 9.92. The lowest BCUT2D eigenvalue weighted by molar-refractivity contribution is 0.127. The van der Waals surface area contributed by atoms with Crippen molar-refractivity contribution in [1.29, 1.82) is 0 Å². The molecule has 8 heteroatoms. The van der Waals surface area contributed by atoms with Crippen molar-refractivity contribution in [2.75, 3.05) is 4.90 Å². The summed E-state index contributed by atoms with van der Waals surface area (Å²) >= 11 is 0. The van der Waals surface area contributed by atoms with Crippen LogP contribution >= 0.6 is 0 Å². The summed E-state index contributed by atoms with van der Waals surface area (Å²) in [6.07, 6.45) is -0.209. The number of benzene rings is 3. The molecule has 4 aromatic rings. The van der Waals surface area contributed by atoms with Gasteiger partial charge in [0.2, 0.25) is 0 Å². The summed E-state index contributed by atoms with van der Waals surface area (Å²) in [4.78, 5) is 26.7. The summed E-state index contributed by atoms with van der Waals surface area (Å²) in [6.45, 7) is 5.83. The van der Waals surface area contributed by atoms with Crippen LogP contribution in [-0.4, -0.2) is 22.4 Å². The van der Waals surface area contributed by atoms with Crippen molar-refractivity contribution >= 4 is 17.9 Å². The van der Waals surface area contributed by atoms with Crippen molar-refractivity contribution < 1.29 is 23.8 Å². The first-order valence-electron chi connectivity index (χ1n) is 11.9. The molecule has 190 valence electrons. The molecule has 1 heterocycles. The fourth-order valence-electron chi connectivity index (χ4n) is 3.16. The van der Waals surface area contributed by atoms with Gasteiger partial charge in [-0.25, -0.2) is 9.59 Å². The van der Waals surface area contributed by atoms with E-state index >= 15 is 0 Å². The molecule has 0 atom stereocenters. The van der Waals surface area contributed by atoms with Crippen LogP contribution in [0.1, 0.15) is 30.7 Å². The number of hydrogen-bond acceptors (Lipinski definition) is 7. The van der Waals surface area contributed by atoms with Crippen LogP contribution in [0.4, 0.5) is 15.3 Å². The minimum atomic E-state index is -0.852. The van der Waals surface area contributed by atoms with Gasteiger partial charge >= 0.3 is 12.2 Å². The summed E-state index contributed by atoms with van der Waals surface area (Å²) in [6, 6.07) is 26.6. The Morgan fingerprint density at radius 3 is 1.73 bits per heavy atom. The first-order chi connectivity index (χ1) is 18.1. The van der Waals surface area contributed by atoms with Crippen molar-refractivity contribution in [3.8, 4) is 11.5 Å². The van der Waals surface area contributed by atoms with E-state index in [1.54, 1.807) is 30.3 Å². The standard InChI is InChI=1S/C27H23N3O5.C2H6/c1-20-16-25(17-28-29-20)35-24-14-12-23(13-15-24)30(26(31)33-18-21-8-4-2-5-9-21)27(32)34-19-22-10-6-3-7-11-22;1-2/h2-17H,18-19H2,1H3;1-2H3. The molecule has 0 aliphatic carbocycles. The van der Waals surface area contributed by atoms with E-state index in [0.29, 0.717) is 17.2 Å². The maximum atomic E-state index is 12.9. The van der Waals surface area contributed by atoms with Crippen LogP contribution in [0, 0.1) is 6.92 Å². The lowest BCUT2D eigenvalue weighted by Crippen LogP contribution is -2.37. The molecule has 37 heavy (non-hydrogen) atoms. The van der Waals surface area contributed by atoms with E-state index in [0.717, 1.165) is 16.0 Å². The molecule has 2 amide bonds. The summed E-state index contributed by atoms with van der Waals surface area (Å²) in [5, 5.41) is 7.75.